The Morgan fingerprint density at radius 2 is 1.45 bits per heavy atom. The summed E-state index contributed by atoms with van der Waals surface area (Å²) >= 11 is 0. The topological polar surface area (TPSA) is 78.4 Å². The molecular formula is C15H30N2O3. The number of rotatable bonds is 12. The van der Waals surface area contributed by atoms with Crippen molar-refractivity contribution in [1.29, 1.82) is 0 Å². The summed E-state index contributed by atoms with van der Waals surface area (Å²) in [4.78, 5) is 21.7. The fourth-order valence-corrected chi connectivity index (χ4v) is 1.90. The number of urea groups is 1. The third-order valence-corrected chi connectivity index (χ3v) is 3.10. The van der Waals surface area contributed by atoms with Crippen LogP contribution in [0.25, 0.3) is 0 Å². The van der Waals surface area contributed by atoms with Crippen LogP contribution in [0, 0.1) is 5.92 Å². The summed E-state index contributed by atoms with van der Waals surface area (Å²) in [5.74, 6) is -0.00933. The van der Waals surface area contributed by atoms with E-state index in [-0.39, 0.29) is 12.5 Å². The molecule has 20 heavy (non-hydrogen) atoms. The lowest BCUT2D eigenvalue weighted by molar-refractivity contribution is -0.137. The van der Waals surface area contributed by atoms with Crippen molar-refractivity contribution in [1.82, 2.24) is 10.6 Å². The molecule has 0 saturated carbocycles. The van der Waals surface area contributed by atoms with Crippen molar-refractivity contribution >= 4 is 12.0 Å². The van der Waals surface area contributed by atoms with Crippen LogP contribution in [0.3, 0.4) is 0 Å². The van der Waals surface area contributed by atoms with E-state index in [1.54, 1.807) is 0 Å². The number of nitrogens with one attached hydrogen (secondary N) is 2. The highest BCUT2D eigenvalue weighted by Gasteiger charge is 2.00. The minimum absolute atomic E-state index is 0.0971. The van der Waals surface area contributed by atoms with Crippen molar-refractivity contribution in [3.8, 4) is 0 Å². The molecule has 0 atom stereocenters. The summed E-state index contributed by atoms with van der Waals surface area (Å²) in [6.07, 6.45) is 7.12. The third-order valence-electron chi connectivity index (χ3n) is 3.10. The Hall–Kier alpha value is -1.26. The van der Waals surface area contributed by atoms with Gasteiger partial charge in [0.15, 0.2) is 0 Å². The molecule has 0 spiro atoms. The Balaban J connectivity index is 3.22. The SMILES string of the molecule is CC(C)CCCCNC(=O)NCCCCCCC(=O)O. The maximum atomic E-state index is 11.4. The van der Waals surface area contributed by atoms with E-state index >= 15 is 0 Å². The second-order valence-electron chi connectivity index (χ2n) is 5.63. The lowest BCUT2D eigenvalue weighted by Crippen LogP contribution is -2.36. The molecule has 5 nitrogen and oxygen atoms in total. The summed E-state index contributed by atoms with van der Waals surface area (Å²) in [7, 11) is 0. The maximum Gasteiger partial charge on any atom is 0.314 e. The Kier molecular flexibility index (Phi) is 12.0. The highest BCUT2D eigenvalue weighted by atomic mass is 16.4. The van der Waals surface area contributed by atoms with E-state index in [2.05, 4.69) is 24.5 Å². The van der Waals surface area contributed by atoms with Crippen LogP contribution < -0.4 is 10.6 Å². The summed E-state index contributed by atoms with van der Waals surface area (Å²) in [6, 6.07) is -0.0971. The van der Waals surface area contributed by atoms with Crippen molar-refractivity contribution in [2.45, 2.75) is 65.2 Å². The Morgan fingerprint density at radius 1 is 0.900 bits per heavy atom. The molecule has 3 N–H and O–H groups in total. The minimum atomic E-state index is -0.736. The zero-order valence-corrected chi connectivity index (χ0v) is 12.9. The predicted octanol–water partition coefficient (Wildman–Crippen LogP) is 3.15. The molecule has 118 valence electrons. The quantitative estimate of drug-likeness (QED) is 0.482. The standard InChI is InChI=1S/C15H30N2O3/c1-13(2)9-6-8-12-17-15(20)16-11-7-4-3-5-10-14(18)19/h13H,3-12H2,1-2H3,(H,18,19)(H2,16,17,20). The van der Waals surface area contributed by atoms with Gasteiger partial charge in [0.2, 0.25) is 0 Å². The number of aliphatic carboxylic acids is 1. The fourth-order valence-electron chi connectivity index (χ4n) is 1.90. The second kappa shape index (κ2) is 12.8. The Morgan fingerprint density at radius 3 is 2.00 bits per heavy atom. The molecule has 0 unspecified atom stereocenters. The number of amides is 2. The van der Waals surface area contributed by atoms with Gasteiger partial charge in [-0.05, 0) is 25.2 Å². The van der Waals surface area contributed by atoms with Crippen LogP contribution in [-0.2, 0) is 4.79 Å². The zero-order chi connectivity index (χ0) is 15.2. The number of hydrogen-bond acceptors (Lipinski definition) is 2. The molecule has 0 aromatic heterocycles. The van der Waals surface area contributed by atoms with Gasteiger partial charge in [-0.25, -0.2) is 4.79 Å². The number of hydrogen-bond donors (Lipinski definition) is 3. The van der Waals surface area contributed by atoms with Crippen LogP contribution in [-0.4, -0.2) is 30.2 Å². The third kappa shape index (κ3) is 14.8. The van der Waals surface area contributed by atoms with Crippen LogP contribution >= 0.6 is 0 Å². The van der Waals surface area contributed by atoms with Crippen LogP contribution in [0.1, 0.15) is 65.2 Å². The van der Waals surface area contributed by atoms with Crippen LogP contribution in [0.15, 0.2) is 0 Å². The van der Waals surface area contributed by atoms with Crippen molar-refractivity contribution < 1.29 is 14.7 Å². The van der Waals surface area contributed by atoms with Gasteiger partial charge in [-0.2, -0.15) is 0 Å². The lowest BCUT2D eigenvalue weighted by Gasteiger charge is -2.08. The van der Waals surface area contributed by atoms with Gasteiger partial charge in [-0.1, -0.05) is 39.5 Å². The molecule has 5 heteroatoms. The first-order chi connectivity index (χ1) is 9.52. The molecule has 2 amide bonds. The zero-order valence-electron chi connectivity index (χ0n) is 12.9. The summed E-state index contributed by atoms with van der Waals surface area (Å²) in [5, 5.41) is 14.1. The molecule has 0 aromatic carbocycles. The fraction of sp³-hybridized carbons (Fsp3) is 0.867. The predicted molar refractivity (Wildman–Crippen MR) is 80.8 cm³/mol. The van der Waals surface area contributed by atoms with E-state index in [0.717, 1.165) is 51.0 Å². The number of carboxylic acid groups (broad SMARTS) is 1. The molecule has 0 aliphatic heterocycles. The first-order valence-corrected chi connectivity index (χ1v) is 7.76. The maximum absolute atomic E-state index is 11.4. The van der Waals surface area contributed by atoms with Gasteiger partial charge in [0.25, 0.3) is 0 Å². The molecule has 0 fully saturated rings. The largest absolute Gasteiger partial charge is 0.481 e. The van der Waals surface area contributed by atoms with E-state index in [1.165, 1.54) is 6.42 Å². The van der Waals surface area contributed by atoms with Crippen LogP contribution in [0.4, 0.5) is 4.79 Å². The Bertz CT molecular complexity index is 268. The molecule has 0 rings (SSSR count). The second-order valence-corrected chi connectivity index (χ2v) is 5.63. The van der Waals surface area contributed by atoms with Gasteiger partial charge in [-0.3, -0.25) is 4.79 Å². The summed E-state index contributed by atoms with van der Waals surface area (Å²) < 4.78 is 0. The molecular weight excluding hydrogens is 256 g/mol. The molecule has 0 saturated heterocycles. The normalized spacial score (nSPS) is 10.6. The van der Waals surface area contributed by atoms with Gasteiger partial charge in [-0.15, -0.1) is 0 Å². The molecule has 0 bridgehead atoms. The average Bonchev–Trinajstić information content (AvgIpc) is 2.36. The van der Waals surface area contributed by atoms with Crippen molar-refractivity contribution in [2.75, 3.05) is 13.1 Å². The summed E-state index contributed by atoms with van der Waals surface area (Å²) in [6.45, 7) is 5.80. The van der Waals surface area contributed by atoms with Crippen molar-refractivity contribution in [2.24, 2.45) is 5.92 Å². The van der Waals surface area contributed by atoms with Crippen molar-refractivity contribution in [3.63, 3.8) is 0 Å². The number of unbranched alkanes of at least 4 members (excludes halogenated alkanes) is 4. The lowest BCUT2D eigenvalue weighted by atomic mass is 10.1. The van der Waals surface area contributed by atoms with E-state index in [4.69, 9.17) is 5.11 Å². The highest BCUT2D eigenvalue weighted by Crippen LogP contribution is 2.05. The minimum Gasteiger partial charge on any atom is -0.481 e. The van der Waals surface area contributed by atoms with Crippen LogP contribution in [0.2, 0.25) is 0 Å². The van der Waals surface area contributed by atoms with E-state index in [9.17, 15) is 9.59 Å². The average molecular weight is 286 g/mol. The van der Waals surface area contributed by atoms with Gasteiger partial charge in [0, 0.05) is 19.5 Å². The number of carbonyl (C=O) groups excluding carboxylic acids is 1. The van der Waals surface area contributed by atoms with Gasteiger partial charge in [0.05, 0.1) is 0 Å². The van der Waals surface area contributed by atoms with E-state index in [0.29, 0.717) is 6.54 Å². The summed E-state index contributed by atoms with van der Waals surface area (Å²) in [5.41, 5.74) is 0. The molecule has 0 heterocycles. The monoisotopic (exact) mass is 286 g/mol. The Labute approximate surface area is 122 Å². The number of carboxylic acids is 1. The van der Waals surface area contributed by atoms with Crippen molar-refractivity contribution in [3.05, 3.63) is 0 Å². The first kappa shape index (κ1) is 18.7. The first-order valence-electron chi connectivity index (χ1n) is 7.76. The highest BCUT2D eigenvalue weighted by molar-refractivity contribution is 5.73. The van der Waals surface area contributed by atoms with E-state index in [1.807, 2.05) is 0 Å². The molecule has 0 aliphatic carbocycles. The van der Waals surface area contributed by atoms with Crippen LogP contribution in [0.5, 0.6) is 0 Å². The van der Waals surface area contributed by atoms with E-state index < -0.39 is 5.97 Å². The molecule has 0 aromatic rings. The number of carbonyl (C=O) groups is 2. The molecule has 0 aliphatic rings. The van der Waals surface area contributed by atoms with Gasteiger partial charge < -0.3 is 15.7 Å². The van der Waals surface area contributed by atoms with Gasteiger partial charge in [0.1, 0.15) is 0 Å². The van der Waals surface area contributed by atoms with Gasteiger partial charge >= 0.3 is 12.0 Å². The smallest absolute Gasteiger partial charge is 0.314 e. The molecule has 0 radical (unpaired) electrons.